The maximum absolute atomic E-state index is 12.8. The van der Waals surface area contributed by atoms with E-state index in [1.807, 2.05) is 0 Å². The van der Waals surface area contributed by atoms with E-state index in [2.05, 4.69) is 69.4 Å². The molecule has 59 heavy (non-hydrogen) atoms. The number of unbranched alkanes of at least 4 members (excludes halogenated alkanes) is 26. The van der Waals surface area contributed by atoms with Gasteiger partial charge in [-0.3, -0.25) is 14.4 Å². The van der Waals surface area contributed by atoms with Gasteiger partial charge in [-0.05, 0) is 77.0 Å². The summed E-state index contributed by atoms with van der Waals surface area (Å²) in [5.41, 5.74) is 0. The van der Waals surface area contributed by atoms with Crippen LogP contribution in [-0.2, 0) is 28.6 Å². The predicted octanol–water partition coefficient (Wildman–Crippen LogP) is 16.3. The van der Waals surface area contributed by atoms with Gasteiger partial charge in [0.1, 0.15) is 13.2 Å². The quantitative estimate of drug-likeness (QED) is 0.0263. The highest BCUT2D eigenvalue weighted by Gasteiger charge is 2.19. The molecular weight excluding hydrogens is 733 g/mol. The van der Waals surface area contributed by atoms with Gasteiger partial charge in [0.25, 0.3) is 0 Å². The van der Waals surface area contributed by atoms with Crippen molar-refractivity contribution in [3.63, 3.8) is 0 Å². The Labute approximate surface area is 365 Å². The van der Waals surface area contributed by atoms with E-state index in [0.29, 0.717) is 19.3 Å². The Morgan fingerprint density at radius 1 is 0.339 bits per heavy atom. The van der Waals surface area contributed by atoms with Crippen molar-refractivity contribution < 1.29 is 28.6 Å². The fraction of sp³-hybridized carbons (Fsp3) is 0.792. The molecule has 0 fully saturated rings. The summed E-state index contributed by atoms with van der Waals surface area (Å²) in [6.07, 6.45) is 56.6. The lowest BCUT2D eigenvalue weighted by Crippen LogP contribution is -2.30. The van der Waals surface area contributed by atoms with Crippen molar-refractivity contribution in [1.82, 2.24) is 0 Å². The van der Waals surface area contributed by atoms with E-state index >= 15 is 0 Å². The lowest BCUT2D eigenvalue weighted by atomic mass is 10.1. The molecule has 0 spiro atoms. The molecule has 0 aliphatic carbocycles. The molecule has 0 amide bonds. The van der Waals surface area contributed by atoms with E-state index < -0.39 is 6.10 Å². The van der Waals surface area contributed by atoms with Crippen LogP contribution in [0, 0.1) is 0 Å². The van der Waals surface area contributed by atoms with E-state index in [1.165, 1.54) is 116 Å². The second-order valence-electron chi connectivity index (χ2n) is 16.7. The number of esters is 3. The molecule has 0 radical (unpaired) electrons. The molecule has 0 aliphatic heterocycles. The zero-order valence-corrected chi connectivity index (χ0v) is 39.0. The monoisotopic (exact) mass is 827 g/mol. The summed E-state index contributed by atoms with van der Waals surface area (Å²) in [5.74, 6) is -0.899. The first kappa shape index (κ1) is 56.4. The van der Waals surface area contributed by atoms with Crippen LogP contribution in [0.3, 0.4) is 0 Å². The van der Waals surface area contributed by atoms with Crippen molar-refractivity contribution in [3.05, 3.63) is 48.6 Å². The molecule has 0 aromatic carbocycles. The first-order valence-electron chi connectivity index (χ1n) is 25.1. The highest BCUT2D eigenvalue weighted by molar-refractivity contribution is 5.71. The van der Waals surface area contributed by atoms with Gasteiger partial charge in [-0.1, -0.05) is 204 Å². The lowest BCUT2D eigenvalue weighted by Gasteiger charge is -2.18. The number of carbonyl (C=O) groups is 3. The molecule has 6 nitrogen and oxygen atoms in total. The minimum atomic E-state index is -0.779. The fourth-order valence-electron chi connectivity index (χ4n) is 6.96. The molecule has 0 heterocycles. The van der Waals surface area contributed by atoms with Gasteiger partial charge < -0.3 is 14.2 Å². The molecule has 0 saturated carbocycles. The number of ether oxygens (including phenoxy) is 3. The molecule has 342 valence electrons. The van der Waals surface area contributed by atoms with E-state index in [1.54, 1.807) is 0 Å². The number of hydrogen-bond donors (Lipinski definition) is 0. The number of hydrogen-bond acceptors (Lipinski definition) is 6. The van der Waals surface area contributed by atoms with Crippen molar-refractivity contribution in [2.24, 2.45) is 0 Å². The molecule has 0 aromatic rings. The Morgan fingerprint density at radius 2 is 0.627 bits per heavy atom. The first-order valence-corrected chi connectivity index (χ1v) is 25.1. The van der Waals surface area contributed by atoms with Gasteiger partial charge in [-0.15, -0.1) is 0 Å². The van der Waals surface area contributed by atoms with Gasteiger partial charge in [-0.2, -0.15) is 0 Å². The first-order chi connectivity index (χ1) is 29.0. The molecular formula is C53H94O6. The summed E-state index contributed by atoms with van der Waals surface area (Å²) in [4.78, 5) is 37.9. The summed E-state index contributed by atoms with van der Waals surface area (Å²) in [6.45, 7) is 6.55. The maximum atomic E-state index is 12.8. The summed E-state index contributed by atoms with van der Waals surface area (Å²) >= 11 is 0. The topological polar surface area (TPSA) is 78.9 Å². The highest BCUT2D eigenvalue weighted by Crippen LogP contribution is 2.14. The van der Waals surface area contributed by atoms with Crippen LogP contribution in [0.2, 0.25) is 0 Å². The SMILES string of the molecule is CCCC/C=C\C/C=C\CCCCCCCC(=O)OC(COC(=O)CCCCCCCCC/C=C\C/C=C\CCCCC)COC(=O)CCCCCCCCCCCC. The molecule has 6 heteroatoms. The van der Waals surface area contributed by atoms with Gasteiger partial charge in [0.05, 0.1) is 0 Å². The summed E-state index contributed by atoms with van der Waals surface area (Å²) in [5, 5.41) is 0. The van der Waals surface area contributed by atoms with Crippen LogP contribution in [0.25, 0.3) is 0 Å². The van der Waals surface area contributed by atoms with Gasteiger partial charge in [0, 0.05) is 19.3 Å². The van der Waals surface area contributed by atoms with Crippen LogP contribution < -0.4 is 0 Å². The van der Waals surface area contributed by atoms with Gasteiger partial charge in [0.2, 0.25) is 0 Å². The predicted molar refractivity (Wildman–Crippen MR) is 252 cm³/mol. The van der Waals surface area contributed by atoms with Crippen molar-refractivity contribution in [1.29, 1.82) is 0 Å². The minimum absolute atomic E-state index is 0.0797. The van der Waals surface area contributed by atoms with Crippen molar-refractivity contribution in [2.75, 3.05) is 13.2 Å². The van der Waals surface area contributed by atoms with Crippen LogP contribution >= 0.6 is 0 Å². The zero-order valence-electron chi connectivity index (χ0n) is 39.0. The molecule has 0 aliphatic rings. The number of rotatable bonds is 45. The Kier molecular flexibility index (Phi) is 45.9. The van der Waals surface area contributed by atoms with Gasteiger partial charge >= 0.3 is 17.9 Å². The summed E-state index contributed by atoms with van der Waals surface area (Å²) < 4.78 is 16.7. The zero-order chi connectivity index (χ0) is 43.0. The molecule has 1 atom stereocenters. The van der Waals surface area contributed by atoms with E-state index in [9.17, 15) is 14.4 Å². The van der Waals surface area contributed by atoms with Crippen LogP contribution in [0.4, 0.5) is 0 Å². The third kappa shape index (κ3) is 46.3. The Hall–Kier alpha value is -2.63. The molecule has 0 rings (SSSR count). The van der Waals surface area contributed by atoms with Crippen LogP contribution in [0.1, 0.15) is 252 Å². The third-order valence-corrected chi connectivity index (χ3v) is 10.8. The normalized spacial score (nSPS) is 12.4. The fourth-order valence-corrected chi connectivity index (χ4v) is 6.96. The second kappa shape index (κ2) is 48.0. The van der Waals surface area contributed by atoms with E-state index in [4.69, 9.17) is 14.2 Å². The average molecular weight is 827 g/mol. The Balaban J connectivity index is 4.37. The second-order valence-corrected chi connectivity index (χ2v) is 16.7. The Bertz CT molecular complexity index is 1040. The van der Waals surface area contributed by atoms with Gasteiger partial charge in [-0.25, -0.2) is 0 Å². The van der Waals surface area contributed by atoms with E-state index in [-0.39, 0.29) is 31.1 Å². The van der Waals surface area contributed by atoms with Crippen molar-refractivity contribution >= 4 is 17.9 Å². The van der Waals surface area contributed by atoms with Gasteiger partial charge in [0.15, 0.2) is 6.10 Å². The van der Waals surface area contributed by atoms with Crippen LogP contribution in [0.5, 0.6) is 0 Å². The van der Waals surface area contributed by atoms with Crippen molar-refractivity contribution in [3.8, 4) is 0 Å². The number of carbonyl (C=O) groups excluding carboxylic acids is 3. The summed E-state index contributed by atoms with van der Waals surface area (Å²) in [7, 11) is 0. The average Bonchev–Trinajstić information content (AvgIpc) is 3.23. The van der Waals surface area contributed by atoms with Crippen LogP contribution in [-0.4, -0.2) is 37.2 Å². The van der Waals surface area contributed by atoms with E-state index in [0.717, 1.165) is 96.3 Å². The molecule has 0 saturated heterocycles. The standard InChI is InChI=1S/C53H94O6/c1-4-7-10-13-16-19-22-24-26-27-28-30-31-34-37-40-43-46-52(55)58-49-50(48-57-51(54)45-42-39-36-33-21-18-15-12-9-6-3)59-53(56)47-44-41-38-35-32-29-25-23-20-17-14-11-8-5-2/h14,16-17,19,23-26,50H,4-13,15,18,20-22,27-49H2,1-3H3/b17-14-,19-16-,25-23-,26-24-. The summed E-state index contributed by atoms with van der Waals surface area (Å²) in [6, 6.07) is 0. The molecule has 0 N–H and O–H groups in total. The molecule has 0 aromatic heterocycles. The third-order valence-electron chi connectivity index (χ3n) is 10.8. The molecule has 1 unspecified atom stereocenters. The number of allylic oxidation sites excluding steroid dienone is 8. The Morgan fingerprint density at radius 3 is 1.02 bits per heavy atom. The smallest absolute Gasteiger partial charge is 0.306 e. The minimum Gasteiger partial charge on any atom is -0.462 e. The highest BCUT2D eigenvalue weighted by atomic mass is 16.6. The maximum Gasteiger partial charge on any atom is 0.306 e. The largest absolute Gasteiger partial charge is 0.462 e. The van der Waals surface area contributed by atoms with Crippen LogP contribution in [0.15, 0.2) is 48.6 Å². The lowest BCUT2D eigenvalue weighted by molar-refractivity contribution is -0.167. The molecule has 0 bridgehead atoms. The van der Waals surface area contributed by atoms with Crippen molar-refractivity contribution in [2.45, 2.75) is 258 Å².